The summed E-state index contributed by atoms with van der Waals surface area (Å²) >= 11 is 0. The van der Waals surface area contributed by atoms with Gasteiger partial charge < -0.3 is 4.90 Å². The second-order valence-electron chi connectivity index (χ2n) is 9.50. The molecule has 0 N–H and O–H groups in total. The van der Waals surface area contributed by atoms with Crippen molar-refractivity contribution in [3.8, 4) is 22.3 Å². The highest BCUT2D eigenvalue weighted by Gasteiger charge is 2.12. The van der Waals surface area contributed by atoms with Crippen LogP contribution in [-0.4, -0.2) is 0 Å². The Balaban J connectivity index is 1.34. The average Bonchev–Trinajstić information content (AvgIpc) is 3.00. The summed E-state index contributed by atoms with van der Waals surface area (Å²) in [5, 5.41) is 0. The van der Waals surface area contributed by atoms with Crippen molar-refractivity contribution in [2.45, 2.75) is 6.42 Å². The molecule has 6 rings (SSSR count). The molecule has 0 heterocycles. The molecule has 0 bridgehead atoms. The largest absolute Gasteiger partial charge is 0.311 e. The molecule has 1 heteroatoms. The second kappa shape index (κ2) is 11.0. The van der Waals surface area contributed by atoms with Crippen LogP contribution in [0.1, 0.15) is 11.1 Å². The van der Waals surface area contributed by atoms with Gasteiger partial charge in [-0.1, -0.05) is 121 Å². The third kappa shape index (κ3) is 5.28. The summed E-state index contributed by atoms with van der Waals surface area (Å²) < 4.78 is 0. The van der Waals surface area contributed by atoms with Crippen molar-refractivity contribution in [3.05, 3.63) is 175 Å². The maximum absolute atomic E-state index is 2.33. The summed E-state index contributed by atoms with van der Waals surface area (Å²) in [5.41, 5.74) is 11.0. The molecular formula is C37H29N. The van der Waals surface area contributed by atoms with Crippen molar-refractivity contribution < 1.29 is 0 Å². The Morgan fingerprint density at radius 1 is 0.316 bits per heavy atom. The van der Waals surface area contributed by atoms with Crippen LogP contribution < -0.4 is 4.90 Å². The van der Waals surface area contributed by atoms with Crippen molar-refractivity contribution in [1.29, 1.82) is 0 Å². The Morgan fingerprint density at radius 3 is 1.16 bits per heavy atom. The number of rotatable bonds is 7. The van der Waals surface area contributed by atoms with Gasteiger partial charge in [0, 0.05) is 17.1 Å². The third-order valence-electron chi connectivity index (χ3n) is 6.84. The molecule has 0 unspecified atom stereocenters. The average molecular weight is 488 g/mol. The van der Waals surface area contributed by atoms with Crippen LogP contribution in [0.15, 0.2) is 164 Å². The molecule has 0 radical (unpaired) electrons. The van der Waals surface area contributed by atoms with E-state index in [-0.39, 0.29) is 0 Å². The number of para-hydroxylation sites is 2. The van der Waals surface area contributed by atoms with E-state index in [4.69, 9.17) is 0 Å². The molecule has 6 aromatic rings. The van der Waals surface area contributed by atoms with Crippen LogP contribution >= 0.6 is 0 Å². The predicted molar refractivity (Wildman–Crippen MR) is 161 cm³/mol. The smallest absolute Gasteiger partial charge is 0.0461 e. The molecular weight excluding hydrogens is 458 g/mol. The summed E-state index contributed by atoms with van der Waals surface area (Å²) in [4.78, 5) is 2.30. The van der Waals surface area contributed by atoms with E-state index >= 15 is 0 Å². The molecule has 0 fully saturated rings. The van der Waals surface area contributed by atoms with Gasteiger partial charge in [-0.05, 0) is 82.3 Å². The minimum Gasteiger partial charge on any atom is -0.311 e. The minimum atomic E-state index is 0.872. The lowest BCUT2D eigenvalue weighted by molar-refractivity contribution is 1.18. The molecule has 0 aromatic heterocycles. The fourth-order valence-electron chi connectivity index (χ4n) is 4.99. The van der Waals surface area contributed by atoms with Gasteiger partial charge in [-0.25, -0.2) is 0 Å². The van der Waals surface area contributed by atoms with Crippen LogP contribution in [0, 0.1) is 0 Å². The Kier molecular flexibility index (Phi) is 6.82. The topological polar surface area (TPSA) is 3.24 Å². The molecule has 0 spiro atoms. The lowest BCUT2D eigenvalue weighted by Gasteiger charge is -2.25. The molecule has 0 aliphatic rings. The van der Waals surface area contributed by atoms with Gasteiger partial charge in [0.25, 0.3) is 0 Å². The van der Waals surface area contributed by atoms with Crippen molar-refractivity contribution >= 4 is 17.1 Å². The van der Waals surface area contributed by atoms with E-state index in [1.54, 1.807) is 0 Å². The molecule has 0 atom stereocenters. The molecule has 0 aliphatic heterocycles. The van der Waals surface area contributed by atoms with Gasteiger partial charge in [0.05, 0.1) is 0 Å². The standard InChI is InChI=1S/C37H29N/c1-5-13-31(14-6-1)33-26-30(27-34(28-33)32-15-7-2-8-16-32)25-29-21-23-37(24-22-29)38(35-17-9-3-10-18-35)36-19-11-4-12-20-36/h1-24,26-28H,25H2. The maximum atomic E-state index is 2.33. The van der Waals surface area contributed by atoms with Crippen molar-refractivity contribution in [1.82, 2.24) is 0 Å². The molecule has 182 valence electrons. The lowest BCUT2D eigenvalue weighted by atomic mass is 9.93. The molecule has 1 nitrogen and oxygen atoms in total. The fourth-order valence-corrected chi connectivity index (χ4v) is 4.99. The summed E-state index contributed by atoms with van der Waals surface area (Å²) in [7, 11) is 0. The number of hydrogen-bond donors (Lipinski definition) is 0. The number of hydrogen-bond acceptors (Lipinski definition) is 1. The molecule has 0 aliphatic carbocycles. The highest BCUT2D eigenvalue weighted by Crippen LogP contribution is 2.35. The van der Waals surface area contributed by atoms with Crippen LogP contribution in [0.4, 0.5) is 17.1 Å². The van der Waals surface area contributed by atoms with Crippen molar-refractivity contribution in [2.24, 2.45) is 0 Å². The van der Waals surface area contributed by atoms with E-state index in [1.807, 2.05) is 0 Å². The summed E-state index contributed by atoms with van der Waals surface area (Å²) in [6, 6.07) is 58.3. The van der Waals surface area contributed by atoms with Gasteiger partial charge in [0.1, 0.15) is 0 Å². The Hall–Kier alpha value is -4.88. The molecule has 0 amide bonds. The van der Waals surface area contributed by atoms with E-state index in [1.165, 1.54) is 33.4 Å². The van der Waals surface area contributed by atoms with E-state index < -0.39 is 0 Å². The third-order valence-corrected chi connectivity index (χ3v) is 6.84. The normalized spacial score (nSPS) is 10.7. The highest BCUT2D eigenvalue weighted by molar-refractivity contribution is 5.77. The molecule has 38 heavy (non-hydrogen) atoms. The van der Waals surface area contributed by atoms with Crippen LogP contribution in [0.25, 0.3) is 22.3 Å². The summed E-state index contributed by atoms with van der Waals surface area (Å²) in [5.74, 6) is 0. The Bertz CT molecular complexity index is 1490. The Morgan fingerprint density at radius 2 is 0.711 bits per heavy atom. The first-order valence-corrected chi connectivity index (χ1v) is 13.1. The number of benzene rings is 6. The zero-order valence-electron chi connectivity index (χ0n) is 21.2. The zero-order chi connectivity index (χ0) is 25.6. The van der Waals surface area contributed by atoms with Crippen LogP contribution in [0.5, 0.6) is 0 Å². The van der Waals surface area contributed by atoms with Crippen LogP contribution in [-0.2, 0) is 6.42 Å². The van der Waals surface area contributed by atoms with E-state index in [9.17, 15) is 0 Å². The maximum Gasteiger partial charge on any atom is 0.0461 e. The van der Waals surface area contributed by atoms with Crippen LogP contribution in [0.2, 0.25) is 0 Å². The first-order chi connectivity index (χ1) is 18.8. The summed E-state index contributed by atoms with van der Waals surface area (Å²) in [6.45, 7) is 0. The van der Waals surface area contributed by atoms with E-state index in [2.05, 4.69) is 169 Å². The minimum absolute atomic E-state index is 0.872. The highest BCUT2D eigenvalue weighted by atomic mass is 15.1. The quantitative estimate of drug-likeness (QED) is 0.216. The summed E-state index contributed by atoms with van der Waals surface area (Å²) in [6.07, 6.45) is 0.872. The van der Waals surface area contributed by atoms with Gasteiger partial charge in [0.15, 0.2) is 0 Å². The van der Waals surface area contributed by atoms with Gasteiger partial charge >= 0.3 is 0 Å². The van der Waals surface area contributed by atoms with Gasteiger partial charge in [-0.3, -0.25) is 0 Å². The number of anilines is 3. The zero-order valence-corrected chi connectivity index (χ0v) is 21.2. The lowest BCUT2D eigenvalue weighted by Crippen LogP contribution is -2.09. The van der Waals surface area contributed by atoms with E-state index in [0.717, 1.165) is 23.5 Å². The SMILES string of the molecule is c1ccc(-c2cc(Cc3ccc(N(c4ccccc4)c4ccccc4)cc3)cc(-c3ccccc3)c2)cc1. The molecule has 0 saturated heterocycles. The number of nitrogens with zero attached hydrogens (tertiary/aromatic N) is 1. The van der Waals surface area contributed by atoms with Gasteiger partial charge in [-0.2, -0.15) is 0 Å². The second-order valence-corrected chi connectivity index (χ2v) is 9.50. The predicted octanol–water partition coefficient (Wildman–Crippen LogP) is 10.1. The van der Waals surface area contributed by atoms with Crippen molar-refractivity contribution in [3.63, 3.8) is 0 Å². The van der Waals surface area contributed by atoms with Gasteiger partial charge in [0.2, 0.25) is 0 Å². The fraction of sp³-hybridized carbons (Fsp3) is 0.0270. The van der Waals surface area contributed by atoms with Crippen molar-refractivity contribution in [2.75, 3.05) is 4.90 Å². The first kappa shape index (κ1) is 23.5. The molecule has 0 saturated carbocycles. The van der Waals surface area contributed by atoms with Gasteiger partial charge in [-0.15, -0.1) is 0 Å². The monoisotopic (exact) mass is 487 g/mol. The van der Waals surface area contributed by atoms with E-state index in [0.29, 0.717) is 0 Å². The van der Waals surface area contributed by atoms with Crippen LogP contribution in [0.3, 0.4) is 0 Å². The molecule has 6 aromatic carbocycles. The first-order valence-electron chi connectivity index (χ1n) is 13.1. The Labute approximate surface area is 225 Å².